The van der Waals surface area contributed by atoms with E-state index in [1.165, 1.54) is 26.5 Å². The van der Waals surface area contributed by atoms with Gasteiger partial charge in [-0.05, 0) is 6.92 Å². The van der Waals surface area contributed by atoms with Crippen molar-refractivity contribution in [3.8, 4) is 6.01 Å². The molecule has 0 radical (unpaired) electrons. The fourth-order valence-electron chi connectivity index (χ4n) is 2.37. The molecule has 3 heterocycles. The number of thiophene rings is 1. The van der Waals surface area contributed by atoms with Crippen molar-refractivity contribution in [3.05, 3.63) is 57.8 Å². The minimum absolute atomic E-state index is 0.181. The van der Waals surface area contributed by atoms with Gasteiger partial charge >= 0.3 is 40.8 Å². The van der Waals surface area contributed by atoms with E-state index in [1.807, 2.05) is 0 Å². The number of amides is 1. The quantitative estimate of drug-likeness (QED) is 0.262. The highest BCUT2D eigenvalue weighted by Gasteiger charge is 2.30. The third-order valence-corrected chi connectivity index (χ3v) is 6.36. The number of aryl methyl sites for hydroxylation is 1. The average molecular weight is 519 g/mol. The zero-order valence-electron chi connectivity index (χ0n) is 17.8. The Labute approximate surface area is 192 Å². The van der Waals surface area contributed by atoms with Gasteiger partial charge in [0.15, 0.2) is 0 Å². The topological polar surface area (TPSA) is 237 Å². The normalized spacial score (nSPS) is 10.7. The van der Waals surface area contributed by atoms with Crippen LogP contribution >= 0.6 is 11.3 Å². The van der Waals surface area contributed by atoms with Gasteiger partial charge in [0.25, 0.3) is 10.0 Å². The first-order chi connectivity index (χ1) is 15.8. The third kappa shape index (κ3) is 5.56. The van der Waals surface area contributed by atoms with E-state index in [0.29, 0.717) is 4.68 Å². The molecule has 4 N–H and O–H groups in total. The maximum Gasteiger partial charge on any atom is 0.360 e. The Hall–Kier alpha value is -4.26. The second-order valence-corrected chi connectivity index (χ2v) is 8.74. The molecule has 0 fully saturated rings. The van der Waals surface area contributed by atoms with Gasteiger partial charge in [0.2, 0.25) is 0 Å². The summed E-state index contributed by atoms with van der Waals surface area (Å²) in [6, 6.07) is -1.50. The number of H-pyrrole nitrogens is 3. The molecule has 0 atom stereocenters. The zero-order valence-corrected chi connectivity index (χ0v) is 19.5. The first kappa shape index (κ1) is 26.0. The zero-order chi connectivity index (χ0) is 25.8. The van der Waals surface area contributed by atoms with Crippen LogP contribution in [0.1, 0.15) is 15.2 Å². The maximum absolute atomic E-state index is 12.5. The van der Waals surface area contributed by atoms with Gasteiger partial charge in [0, 0.05) is 17.3 Å². The molecule has 1 amide bonds. The summed E-state index contributed by atoms with van der Waals surface area (Å²) < 4.78 is 37.2. The summed E-state index contributed by atoms with van der Waals surface area (Å²) in [4.78, 5) is 71.5. The van der Waals surface area contributed by atoms with E-state index >= 15 is 0 Å². The van der Waals surface area contributed by atoms with Crippen LogP contribution in [-0.2, 0) is 21.8 Å². The number of rotatable bonds is 4. The van der Waals surface area contributed by atoms with Crippen LogP contribution in [0, 0.1) is 6.92 Å². The van der Waals surface area contributed by atoms with Gasteiger partial charge in [-0.3, -0.25) is 15.0 Å². The predicted molar refractivity (Wildman–Crippen MR) is 114 cm³/mol. The van der Waals surface area contributed by atoms with Crippen molar-refractivity contribution in [1.29, 1.82) is 0 Å². The van der Waals surface area contributed by atoms with Crippen molar-refractivity contribution in [2.75, 3.05) is 14.2 Å². The van der Waals surface area contributed by atoms with E-state index < -0.39 is 49.7 Å². The van der Waals surface area contributed by atoms with Crippen LogP contribution < -0.4 is 32.2 Å². The number of methoxy groups -OCH3 is 2. The van der Waals surface area contributed by atoms with E-state index in [-0.39, 0.29) is 16.5 Å². The lowest BCUT2D eigenvalue weighted by molar-refractivity contribution is 0.0597. The molecule has 3 rings (SSSR count). The molecule has 0 unspecified atom stereocenters. The molecule has 184 valence electrons. The summed E-state index contributed by atoms with van der Waals surface area (Å²) in [5, 5.41) is 4.87. The lowest BCUT2D eigenvalue weighted by Gasteiger charge is -2.07. The van der Waals surface area contributed by atoms with Crippen LogP contribution in [0.3, 0.4) is 0 Å². The molecular formula is C15H17N7O10S2. The first-order valence-corrected chi connectivity index (χ1v) is 11.0. The van der Waals surface area contributed by atoms with E-state index in [2.05, 4.69) is 9.84 Å². The van der Waals surface area contributed by atoms with Gasteiger partial charge in [0.05, 0.1) is 19.8 Å². The van der Waals surface area contributed by atoms with E-state index in [1.54, 1.807) is 19.7 Å². The molecule has 17 nitrogen and oxygen atoms in total. The maximum atomic E-state index is 12.5. The second-order valence-electron chi connectivity index (χ2n) is 6.04. The Kier molecular flexibility index (Phi) is 7.74. The van der Waals surface area contributed by atoms with Crippen LogP contribution in [0.2, 0.25) is 0 Å². The fraction of sp³-hybridized carbons (Fsp3) is 0.267. The minimum Gasteiger partial charge on any atom is -0.467 e. The number of aromatic amines is 3. The number of sulfonamides is 1. The molecule has 0 bridgehead atoms. The number of hydrogen-bond acceptors (Lipinski definition) is 12. The van der Waals surface area contributed by atoms with Crippen LogP contribution in [-0.4, -0.2) is 63.9 Å². The van der Waals surface area contributed by atoms with Gasteiger partial charge in [-0.2, -0.15) is 0 Å². The fourth-order valence-corrected chi connectivity index (χ4v) is 4.87. The molecule has 0 aliphatic rings. The number of carbonyl (C=O) groups excluding carboxylic acids is 2. The van der Waals surface area contributed by atoms with Crippen LogP contribution in [0.5, 0.6) is 6.01 Å². The highest BCUT2D eigenvalue weighted by molar-refractivity contribution is 7.90. The summed E-state index contributed by atoms with van der Waals surface area (Å²) in [5.41, 5.74) is -3.52. The van der Waals surface area contributed by atoms with Crippen molar-refractivity contribution in [3.63, 3.8) is 0 Å². The summed E-state index contributed by atoms with van der Waals surface area (Å²) in [6.45, 7) is 1.46. The lowest BCUT2D eigenvalue weighted by atomic mass is 10.3. The molecule has 34 heavy (non-hydrogen) atoms. The molecule has 3 aromatic rings. The Morgan fingerprint density at radius 3 is 2.03 bits per heavy atom. The largest absolute Gasteiger partial charge is 0.467 e. The number of hydrogen-bond donors (Lipinski definition) is 4. The second kappa shape index (κ2) is 10.1. The van der Waals surface area contributed by atoms with Crippen molar-refractivity contribution in [2.45, 2.75) is 11.8 Å². The minimum atomic E-state index is -4.45. The van der Waals surface area contributed by atoms with Gasteiger partial charge in [-0.15, -0.1) is 21.1 Å². The number of nitrogens with one attached hydrogen (secondary N) is 4. The van der Waals surface area contributed by atoms with Crippen molar-refractivity contribution in [2.24, 2.45) is 7.05 Å². The SMILES string of the molecule is COC(=O)c1csc(C)c1S(=O)(=O)NC(=O)n1nc(OC)n(C)c1=O.O=c1[nH]c(=O)[nH]c(=O)[nH]1. The molecule has 0 aliphatic carbocycles. The summed E-state index contributed by atoms with van der Waals surface area (Å²) in [5.74, 6) is -0.867. The molecule has 0 saturated heterocycles. The number of nitrogens with zero attached hydrogens (tertiary/aromatic N) is 3. The van der Waals surface area contributed by atoms with Crippen molar-refractivity contribution >= 4 is 33.4 Å². The lowest BCUT2D eigenvalue weighted by Crippen LogP contribution is -2.40. The Balaban J connectivity index is 0.000000379. The summed E-state index contributed by atoms with van der Waals surface area (Å²) >= 11 is 0.998. The number of aromatic nitrogens is 6. The van der Waals surface area contributed by atoms with Gasteiger partial charge in [-0.25, -0.2) is 46.5 Å². The highest BCUT2D eigenvalue weighted by atomic mass is 32.2. The van der Waals surface area contributed by atoms with Crippen LogP contribution in [0.25, 0.3) is 0 Å². The Bertz CT molecular complexity index is 1490. The monoisotopic (exact) mass is 519 g/mol. The standard InChI is InChI=1S/C12H14N4O7S2.C3H3N3O3/c1-6-8(7(5-24-6)9(17)22-3)25(20,21)14-10(18)16-12(19)15(2)11(13-16)23-4;7-1-4-2(8)6-3(9)5-1/h5H,1-4H3,(H,14,18);(H3,4,5,6,7,8,9). The average Bonchev–Trinajstić information content (AvgIpc) is 3.27. The molecular weight excluding hydrogens is 502 g/mol. The van der Waals surface area contributed by atoms with E-state index in [4.69, 9.17) is 4.74 Å². The van der Waals surface area contributed by atoms with Crippen molar-refractivity contribution < 1.29 is 27.5 Å². The number of carbonyl (C=O) groups is 2. The molecule has 0 aromatic carbocycles. The molecule has 0 saturated carbocycles. The van der Waals surface area contributed by atoms with Crippen molar-refractivity contribution in [1.82, 2.24) is 34.0 Å². The molecule has 19 heteroatoms. The predicted octanol–water partition coefficient (Wildman–Crippen LogP) is -2.55. The number of ether oxygens (including phenoxy) is 2. The molecule has 0 spiro atoms. The summed E-state index contributed by atoms with van der Waals surface area (Å²) in [6.07, 6.45) is 0. The van der Waals surface area contributed by atoms with Gasteiger partial charge in [0.1, 0.15) is 4.90 Å². The Morgan fingerprint density at radius 1 is 1.06 bits per heavy atom. The van der Waals surface area contributed by atoms with E-state index in [9.17, 15) is 37.2 Å². The van der Waals surface area contributed by atoms with Crippen LogP contribution in [0.15, 0.2) is 29.5 Å². The summed E-state index contributed by atoms with van der Waals surface area (Å²) in [7, 11) is -0.816. The molecule has 0 aliphatic heterocycles. The van der Waals surface area contributed by atoms with Gasteiger partial charge < -0.3 is 9.47 Å². The Morgan fingerprint density at radius 2 is 1.59 bits per heavy atom. The smallest absolute Gasteiger partial charge is 0.360 e. The third-order valence-electron chi connectivity index (χ3n) is 3.81. The van der Waals surface area contributed by atoms with Gasteiger partial charge in [-0.1, -0.05) is 0 Å². The number of esters is 1. The highest BCUT2D eigenvalue weighted by Crippen LogP contribution is 2.27. The van der Waals surface area contributed by atoms with E-state index in [0.717, 1.165) is 23.0 Å². The first-order valence-electron chi connectivity index (χ1n) is 8.68. The molecule has 3 aromatic heterocycles. The van der Waals surface area contributed by atoms with Crippen LogP contribution in [0.4, 0.5) is 4.79 Å².